The zero-order valence-corrected chi connectivity index (χ0v) is 23.2. The van der Waals surface area contributed by atoms with Crippen LogP contribution in [0.1, 0.15) is 58.4 Å². The number of likely N-dealkylation sites (tertiary alicyclic amines) is 1. The Kier molecular flexibility index (Phi) is 8.88. The number of hydrogen-bond acceptors (Lipinski definition) is 3. The lowest BCUT2D eigenvalue weighted by molar-refractivity contribution is -0.137. The fourth-order valence-corrected chi connectivity index (χ4v) is 5.64. The Morgan fingerprint density at radius 3 is 2.51 bits per heavy atom. The van der Waals surface area contributed by atoms with Gasteiger partial charge in [-0.3, -0.25) is 24.8 Å². The summed E-state index contributed by atoms with van der Waals surface area (Å²) in [6.45, 7) is 4.70. The van der Waals surface area contributed by atoms with Gasteiger partial charge in [-0.2, -0.15) is 13.2 Å². The van der Waals surface area contributed by atoms with E-state index in [9.17, 15) is 18.0 Å². The van der Waals surface area contributed by atoms with Gasteiger partial charge in [0.1, 0.15) is 0 Å². The Morgan fingerprint density at radius 2 is 1.76 bits per heavy atom. The molecule has 41 heavy (non-hydrogen) atoms. The molecule has 1 unspecified atom stereocenters. The summed E-state index contributed by atoms with van der Waals surface area (Å²) >= 11 is 0. The minimum Gasteiger partial charge on any atom is -0.299 e. The van der Waals surface area contributed by atoms with Gasteiger partial charge in [0.15, 0.2) is 0 Å². The first-order valence-corrected chi connectivity index (χ1v) is 14.1. The number of amides is 1. The maximum absolute atomic E-state index is 13.1. The van der Waals surface area contributed by atoms with Crippen molar-refractivity contribution in [2.24, 2.45) is 5.92 Å². The molecule has 1 fully saturated rings. The highest BCUT2D eigenvalue weighted by molar-refractivity contribution is 6.00. The number of nitrogens with zero attached hydrogens (tertiary/aromatic N) is 3. The molecule has 0 bridgehead atoms. The van der Waals surface area contributed by atoms with Crippen LogP contribution < -0.4 is 5.43 Å². The molecular formula is C33H35F3N4O. The fraction of sp³-hybridized carbons (Fsp3) is 0.333. The van der Waals surface area contributed by atoms with Gasteiger partial charge < -0.3 is 0 Å². The summed E-state index contributed by atoms with van der Waals surface area (Å²) in [4.78, 5) is 19.5. The van der Waals surface area contributed by atoms with Crippen LogP contribution in [0, 0.1) is 12.8 Å². The second-order valence-electron chi connectivity index (χ2n) is 10.8. The van der Waals surface area contributed by atoms with E-state index >= 15 is 0 Å². The minimum absolute atomic E-state index is 0.201. The van der Waals surface area contributed by atoms with Crippen molar-refractivity contribution < 1.29 is 18.0 Å². The van der Waals surface area contributed by atoms with Crippen LogP contribution >= 0.6 is 0 Å². The summed E-state index contributed by atoms with van der Waals surface area (Å²) in [5, 5.41) is 0. The molecule has 1 aliphatic heterocycles. The van der Waals surface area contributed by atoms with Gasteiger partial charge in [-0.25, -0.2) is 0 Å². The van der Waals surface area contributed by atoms with E-state index in [1.807, 2.05) is 41.9 Å². The number of carbonyl (C=O) groups excluding carboxylic acids is 1. The van der Waals surface area contributed by atoms with E-state index in [1.165, 1.54) is 12.1 Å². The zero-order valence-electron chi connectivity index (χ0n) is 23.2. The smallest absolute Gasteiger partial charge is 0.299 e. The number of carbonyl (C=O) groups is 1. The van der Waals surface area contributed by atoms with Crippen LogP contribution in [0.25, 0.3) is 11.3 Å². The Labute approximate surface area is 239 Å². The number of aromatic nitrogens is 2. The van der Waals surface area contributed by atoms with E-state index in [0.717, 1.165) is 79.5 Å². The lowest BCUT2D eigenvalue weighted by Crippen LogP contribution is -2.26. The maximum Gasteiger partial charge on any atom is 0.416 e. The fourth-order valence-electron chi connectivity index (χ4n) is 5.64. The van der Waals surface area contributed by atoms with Gasteiger partial charge in [0.25, 0.3) is 5.91 Å². The van der Waals surface area contributed by atoms with E-state index in [2.05, 4.69) is 21.4 Å². The Balaban J connectivity index is 1.26. The molecule has 0 saturated carbocycles. The quantitative estimate of drug-likeness (QED) is 0.243. The molecule has 4 aromatic rings. The lowest BCUT2D eigenvalue weighted by Gasteiger charge is -2.20. The summed E-state index contributed by atoms with van der Waals surface area (Å²) in [6, 6.07) is 21.3. The second kappa shape index (κ2) is 12.7. The molecule has 0 radical (unpaired) electrons. The molecule has 2 aromatic carbocycles. The Morgan fingerprint density at radius 1 is 0.976 bits per heavy atom. The van der Waals surface area contributed by atoms with Crippen molar-refractivity contribution in [1.82, 2.24) is 14.6 Å². The second-order valence-corrected chi connectivity index (χ2v) is 10.8. The van der Waals surface area contributed by atoms with Gasteiger partial charge in [0.05, 0.1) is 11.3 Å². The monoisotopic (exact) mass is 560 g/mol. The molecule has 1 aliphatic rings. The van der Waals surface area contributed by atoms with Crippen molar-refractivity contribution in [3.05, 3.63) is 113 Å². The molecule has 5 nitrogen and oxygen atoms in total. The van der Waals surface area contributed by atoms with Crippen molar-refractivity contribution in [3.8, 4) is 11.3 Å². The summed E-state index contributed by atoms with van der Waals surface area (Å²) in [6.07, 6.45) is 3.60. The Bertz CT molecular complexity index is 1450. The molecule has 214 valence electrons. The summed E-state index contributed by atoms with van der Waals surface area (Å²) < 4.78 is 41.2. The van der Waals surface area contributed by atoms with Crippen LogP contribution in [-0.4, -0.2) is 33.6 Å². The molecule has 1 saturated heterocycles. The molecule has 8 heteroatoms. The lowest BCUT2D eigenvalue weighted by atomic mass is 9.93. The number of hydrogen-bond donors (Lipinski definition) is 1. The molecule has 2 aromatic heterocycles. The van der Waals surface area contributed by atoms with Crippen LogP contribution in [0.5, 0.6) is 0 Å². The number of alkyl halides is 3. The van der Waals surface area contributed by atoms with Gasteiger partial charge in [-0.15, -0.1) is 0 Å². The summed E-state index contributed by atoms with van der Waals surface area (Å²) in [5.41, 5.74) is 7.87. The summed E-state index contributed by atoms with van der Waals surface area (Å²) in [7, 11) is 0. The molecule has 1 amide bonds. The summed E-state index contributed by atoms with van der Waals surface area (Å²) in [5.74, 6) is 0.285. The zero-order chi connectivity index (χ0) is 28.8. The SMILES string of the molecule is Cc1c(CN2CCCC(CCc3cccc(C(F)(F)F)c3)CC2)cc(-c2ccccc2)n1NC(=O)c1ccncc1. The third-order valence-electron chi connectivity index (χ3n) is 8.01. The largest absolute Gasteiger partial charge is 0.416 e. The molecule has 5 rings (SSSR count). The van der Waals surface area contributed by atoms with E-state index in [-0.39, 0.29) is 5.91 Å². The number of nitrogens with one attached hydrogen (secondary N) is 1. The number of halogens is 3. The van der Waals surface area contributed by atoms with E-state index in [4.69, 9.17) is 0 Å². The average molecular weight is 561 g/mol. The highest BCUT2D eigenvalue weighted by atomic mass is 19.4. The van der Waals surface area contributed by atoms with Crippen LogP contribution in [-0.2, 0) is 19.1 Å². The standard InChI is InChI=1S/C33H35F3N4O/c1-24-29(22-31(27-9-3-2-4-10-27)40(24)38-32(41)28-14-17-37-18-15-28)23-39-19-6-8-25(16-20-39)12-13-26-7-5-11-30(21-26)33(34,35)36/h2-5,7,9-11,14-15,17-18,21-22,25H,6,8,12-13,16,19-20,23H2,1H3,(H,38,41). The van der Waals surface area contributed by atoms with Gasteiger partial charge in [-0.1, -0.05) is 48.5 Å². The topological polar surface area (TPSA) is 50.2 Å². The van der Waals surface area contributed by atoms with Crippen LogP contribution in [0.15, 0.2) is 85.2 Å². The predicted molar refractivity (Wildman–Crippen MR) is 155 cm³/mol. The molecule has 0 aliphatic carbocycles. The number of benzene rings is 2. The molecule has 0 spiro atoms. The first-order chi connectivity index (χ1) is 19.8. The first-order valence-electron chi connectivity index (χ1n) is 14.1. The van der Waals surface area contributed by atoms with Gasteiger partial charge in [-0.05, 0) is 93.4 Å². The van der Waals surface area contributed by atoms with Crippen molar-refractivity contribution in [2.45, 2.75) is 51.7 Å². The number of rotatable bonds is 8. The van der Waals surface area contributed by atoms with Crippen molar-refractivity contribution >= 4 is 5.91 Å². The predicted octanol–water partition coefficient (Wildman–Crippen LogP) is 7.50. The first kappa shape index (κ1) is 28.6. The molecular weight excluding hydrogens is 525 g/mol. The van der Waals surface area contributed by atoms with Gasteiger partial charge in [0, 0.05) is 35.8 Å². The van der Waals surface area contributed by atoms with E-state index < -0.39 is 11.7 Å². The van der Waals surface area contributed by atoms with Crippen molar-refractivity contribution in [2.75, 3.05) is 18.5 Å². The highest BCUT2D eigenvalue weighted by Gasteiger charge is 2.30. The van der Waals surface area contributed by atoms with Gasteiger partial charge >= 0.3 is 6.18 Å². The van der Waals surface area contributed by atoms with Gasteiger partial charge in [0.2, 0.25) is 0 Å². The van der Waals surface area contributed by atoms with Crippen LogP contribution in [0.2, 0.25) is 0 Å². The van der Waals surface area contributed by atoms with E-state index in [1.54, 1.807) is 30.6 Å². The number of aryl methyl sites for hydroxylation is 1. The third kappa shape index (κ3) is 7.24. The molecule has 3 heterocycles. The minimum atomic E-state index is -4.31. The van der Waals surface area contributed by atoms with Crippen molar-refractivity contribution in [1.29, 1.82) is 0 Å². The highest BCUT2D eigenvalue weighted by Crippen LogP contribution is 2.31. The maximum atomic E-state index is 13.1. The van der Waals surface area contributed by atoms with Crippen LogP contribution in [0.3, 0.4) is 0 Å². The van der Waals surface area contributed by atoms with E-state index in [0.29, 0.717) is 17.9 Å². The third-order valence-corrected chi connectivity index (χ3v) is 8.01. The molecule has 1 atom stereocenters. The van der Waals surface area contributed by atoms with Crippen LogP contribution in [0.4, 0.5) is 13.2 Å². The number of pyridine rings is 1. The Hall–Kier alpha value is -3.91. The van der Waals surface area contributed by atoms with Crippen molar-refractivity contribution in [3.63, 3.8) is 0 Å². The molecule has 1 N–H and O–H groups in total. The average Bonchev–Trinajstić information content (AvgIpc) is 3.13. The normalized spacial score (nSPS) is 16.3.